The van der Waals surface area contributed by atoms with Crippen molar-refractivity contribution >= 4 is 39.1 Å². The maximum absolute atomic E-state index is 14.2. The van der Waals surface area contributed by atoms with Gasteiger partial charge >= 0.3 is 0 Å². The van der Waals surface area contributed by atoms with Crippen molar-refractivity contribution in [1.82, 2.24) is 10.2 Å². The third kappa shape index (κ3) is 7.91. The third-order valence-corrected chi connectivity index (χ3v) is 8.83. The second-order valence-corrected chi connectivity index (χ2v) is 11.9. The first-order chi connectivity index (χ1) is 20.6. The van der Waals surface area contributed by atoms with Crippen LogP contribution in [-0.2, 0) is 32.6 Å². The van der Waals surface area contributed by atoms with E-state index in [-0.39, 0.29) is 28.6 Å². The summed E-state index contributed by atoms with van der Waals surface area (Å²) in [6, 6.07) is 25.6. The first-order valence-electron chi connectivity index (χ1n) is 13.3. The van der Waals surface area contributed by atoms with E-state index in [1.54, 1.807) is 12.1 Å². The molecule has 0 unspecified atom stereocenters. The molecular formula is C32H31ClFN3O5S. The highest BCUT2D eigenvalue weighted by Crippen LogP contribution is 2.28. The molecular weight excluding hydrogens is 593 g/mol. The lowest BCUT2D eigenvalue weighted by Crippen LogP contribution is -2.53. The van der Waals surface area contributed by atoms with E-state index in [1.165, 1.54) is 79.7 Å². The molecule has 0 radical (unpaired) electrons. The van der Waals surface area contributed by atoms with E-state index >= 15 is 0 Å². The lowest BCUT2D eigenvalue weighted by molar-refractivity contribution is -0.139. The molecule has 0 fully saturated rings. The Morgan fingerprint density at radius 1 is 0.907 bits per heavy atom. The maximum Gasteiger partial charge on any atom is 0.264 e. The summed E-state index contributed by atoms with van der Waals surface area (Å²) < 4.78 is 47.8. The zero-order chi connectivity index (χ0) is 31.0. The Morgan fingerprint density at radius 2 is 1.58 bits per heavy atom. The van der Waals surface area contributed by atoms with Crippen LogP contribution in [0.5, 0.6) is 5.75 Å². The Kier molecular flexibility index (Phi) is 10.4. The van der Waals surface area contributed by atoms with Gasteiger partial charge < -0.3 is 15.0 Å². The van der Waals surface area contributed by atoms with Gasteiger partial charge in [-0.1, -0.05) is 60.1 Å². The number of sulfonamides is 1. The van der Waals surface area contributed by atoms with Crippen molar-refractivity contribution in [1.29, 1.82) is 0 Å². The zero-order valence-corrected chi connectivity index (χ0v) is 25.2. The monoisotopic (exact) mass is 623 g/mol. The molecule has 0 aromatic heterocycles. The van der Waals surface area contributed by atoms with Gasteiger partial charge in [0.1, 0.15) is 24.2 Å². The van der Waals surface area contributed by atoms with E-state index in [4.69, 9.17) is 16.3 Å². The molecule has 0 heterocycles. The number of carbonyl (C=O) groups is 2. The summed E-state index contributed by atoms with van der Waals surface area (Å²) in [5.74, 6) is -1.08. The first kappa shape index (κ1) is 31.5. The molecule has 4 rings (SSSR count). The Hall–Kier alpha value is -4.41. The van der Waals surface area contributed by atoms with E-state index < -0.39 is 40.2 Å². The van der Waals surface area contributed by atoms with Crippen molar-refractivity contribution in [2.24, 2.45) is 0 Å². The third-order valence-electron chi connectivity index (χ3n) is 6.81. The van der Waals surface area contributed by atoms with Gasteiger partial charge in [0.25, 0.3) is 10.0 Å². The highest BCUT2D eigenvalue weighted by Gasteiger charge is 2.34. The number of carbonyl (C=O) groups excluding carboxylic acids is 2. The number of ether oxygens (including phenoxy) is 1. The molecule has 0 saturated carbocycles. The molecule has 1 N–H and O–H groups in total. The summed E-state index contributed by atoms with van der Waals surface area (Å²) in [6.45, 7) is -0.714. The van der Waals surface area contributed by atoms with Crippen LogP contribution in [0.3, 0.4) is 0 Å². The van der Waals surface area contributed by atoms with Gasteiger partial charge in [-0.3, -0.25) is 13.9 Å². The van der Waals surface area contributed by atoms with Gasteiger partial charge in [0.05, 0.1) is 17.7 Å². The van der Waals surface area contributed by atoms with Crippen LogP contribution in [0.2, 0.25) is 5.02 Å². The van der Waals surface area contributed by atoms with Gasteiger partial charge in [0.2, 0.25) is 11.8 Å². The summed E-state index contributed by atoms with van der Waals surface area (Å²) in [7, 11) is -1.36. The molecule has 4 aromatic rings. The molecule has 0 bridgehead atoms. The van der Waals surface area contributed by atoms with Crippen LogP contribution in [-0.4, -0.2) is 51.9 Å². The largest absolute Gasteiger partial charge is 0.497 e. The van der Waals surface area contributed by atoms with Crippen LogP contribution in [0.4, 0.5) is 10.1 Å². The molecule has 4 aromatic carbocycles. The van der Waals surface area contributed by atoms with E-state index in [9.17, 15) is 22.4 Å². The minimum absolute atomic E-state index is 0.0710. The van der Waals surface area contributed by atoms with Gasteiger partial charge in [-0.05, 0) is 65.7 Å². The molecule has 11 heteroatoms. The summed E-state index contributed by atoms with van der Waals surface area (Å²) in [5, 5.41) is 2.89. The van der Waals surface area contributed by atoms with Gasteiger partial charge in [-0.25, -0.2) is 12.8 Å². The van der Waals surface area contributed by atoms with E-state index in [0.717, 1.165) is 9.87 Å². The second-order valence-electron chi connectivity index (χ2n) is 9.63. The highest BCUT2D eigenvalue weighted by molar-refractivity contribution is 7.92. The van der Waals surface area contributed by atoms with Crippen molar-refractivity contribution < 1.29 is 27.1 Å². The SMILES string of the molecule is CNC(=O)[C@H](Cc1ccccc1)N(Cc1ccc(F)cc1)C(=O)CN(c1cccc(Cl)c1)S(=O)(=O)c1ccc(OC)cc1. The normalized spacial score (nSPS) is 11.8. The van der Waals surface area contributed by atoms with Gasteiger partial charge in [0.15, 0.2) is 0 Å². The average molecular weight is 624 g/mol. The highest BCUT2D eigenvalue weighted by atomic mass is 35.5. The first-order valence-corrected chi connectivity index (χ1v) is 15.2. The molecule has 0 aliphatic heterocycles. The van der Waals surface area contributed by atoms with Crippen LogP contribution < -0.4 is 14.4 Å². The van der Waals surface area contributed by atoms with Gasteiger partial charge in [0, 0.05) is 25.0 Å². The molecule has 1 atom stereocenters. The molecule has 0 spiro atoms. The quantitative estimate of drug-likeness (QED) is 0.238. The van der Waals surface area contributed by atoms with Crippen LogP contribution >= 0.6 is 11.6 Å². The molecule has 0 saturated heterocycles. The van der Waals surface area contributed by atoms with Crippen molar-refractivity contribution in [3.63, 3.8) is 0 Å². The fraction of sp³-hybridized carbons (Fsp3) is 0.188. The fourth-order valence-electron chi connectivity index (χ4n) is 4.54. The maximum atomic E-state index is 14.2. The minimum Gasteiger partial charge on any atom is -0.497 e. The number of halogens is 2. The number of hydrogen-bond donors (Lipinski definition) is 1. The standard InChI is InChI=1S/C32H31ClFN3O5S/c1-35-32(39)30(19-23-7-4-3-5-8-23)36(21-24-11-13-26(34)14-12-24)31(38)22-37(27-10-6-9-25(33)20-27)43(40,41)29-17-15-28(42-2)16-18-29/h3-18,20,30H,19,21-22H2,1-2H3,(H,35,39)/t30-/m0/s1. The number of likely N-dealkylation sites (N-methyl/N-ethyl adjacent to an activating group) is 1. The predicted molar refractivity (Wildman–Crippen MR) is 164 cm³/mol. The van der Waals surface area contributed by atoms with Crippen LogP contribution in [0.25, 0.3) is 0 Å². The number of hydrogen-bond acceptors (Lipinski definition) is 5. The van der Waals surface area contributed by atoms with Crippen molar-refractivity contribution in [2.45, 2.75) is 23.9 Å². The second kappa shape index (κ2) is 14.2. The summed E-state index contributed by atoms with van der Waals surface area (Å²) in [4.78, 5) is 28.7. The number of nitrogens with zero attached hydrogens (tertiary/aromatic N) is 2. The van der Waals surface area contributed by atoms with E-state index in [0.29, 0.717) is 11.3 Å². The van der Waals surface area contributed by atoms with E-state index in [2.05, 4.69) is 5.32 Å². The van der Waals surface area contributed by atoms with Gasteiger partial charge in [-0.15, -0.1) is 0 Å². The van der Waals surface area contributed by atoms with Gasteiger partial charge in [-0.2, -0.15) is 0 Å². The Balaban J connectivity index is 1.78. The predicted octanol–water partition coefficient (Wildman–Crippen LogP) is 5.07. The molecule has 2 amide bonds. The van der Waals surface area contributed by atoms with Crippen LogP contribution in [0.1, 0.15) is 11.1 Å². The molecule has 8 nitrogen and oxygen atoms in total. The molecule has 0 aliphatic rings. The smallest absolute Gasteiger partial charge is 0.264 e. The van der Waals surface area contributed by atoms with E-state index in [1.807, 2.05) is 30.3 Å². The number of methoxy groups -OCH3 is 1. The summed E-state index contributed by atoms with van der Waals surface area (Å²) in [5.41, 5.74) is 1.52. The van der Waals surface area contributed by atoms with Crippen molar-refractivity contribution in [2.75, 3.05) is 25.0 Å². The Bertz CT molecular complexity index is 1650. The summed E-state index contributed by atoms with van der Waals surface area (Å²) in [6.07, 6.45) is 0.163. The number of amides is 2. The fourth-order valence-corrected chi connectivity index (χ4v) is 6.13. The number of rotatable bonds is 12. The Labute approximate surface area is 255 Å². The number of nitrogens with one attached hydrogen (secondary N) is 1. The molecule has 0 aliphatic carbocycles. The van der Waals surface area contributed by atoms with Crippen molar-refractivity contribution in [3.8, 4) is 5.75 Å². The number of benzene rings is 4. The van der Waals surface area contributed by atoms with Crippen LogP contribution in [0, 0.1) is 5.82 Å². The topological polar surface area (TPSA) is 96.0 Å². The minimum atomic E-state index is -4.29. The zero-order valence-electron chi connectivity index (χ0n) is 23.6. The lowest BCUT2D eigenvalue weighted by Gasteiger charge is -2.33. The summed E-state index contributed by atoms with van der Waals surface area (Å²) >= 11 is 6.23. The van der Waals surface area contributed by atoms with Crippen LogP contribution in [0.15, 0.2) is 108 Å². The number of anilines is 1. The average Bonchev–Trinajstić information content (AvgIpc) is 3.02. The van der Waals surface area contributed by atoms with Crippen molar-refractivity contribution in [3.05, 3.63) is 125 Å². The molecule has 43 heavy (non-hydrogen) atoms. The Morgan fingerprint density at radius 3 is 2.19 bits per heavy atom. The molecule has 224 valence electrons. The lowest BCUT2D eigenvalue weighted by atomic mass is 10.0.